The molecule has 2 heteroatoms. The fourth-order valence-corrected chi connectivity index (χ4v) is 8.17. The smallest absolute Gasteiger partial charge is 0.136 e. The van der Waals surface area contributed by atoms with Gasteiger partial charge in [-0.1, -0.05) is 34.1 Å². The van der Waals surface area contributed by atoms with Gasteiger partial charge >= 0.3 is 0 Å². The van der Waals surface area contributed by atoms with Gasteiger partial charge in [-0.15, -0.1) is 0 Å². The van der Waals surface area contributed by atoms with Gasteiger partial charge in [-0.3, -0.25) is 4.79 Å². The predicted molar refractivity (Wildman–Crippen MR) is 101 cm³/mol. The van der Waals surface area contributed by atoms with Crippen LogP contribution in [0.15, 0.2) is 0 Å². The summed E-state index contributed by atoms with van der Waals surface area (Å²) in [7, 11) is 0. The van der Waals surface area contributed by atoms with E-state index in [4.69, 9.17) is 0 Å². The second-order valence-electron chi connectivity index (χ2n) is 10.7. The first-order valence-electron chi connectivity index (χ1n) is 11.0. The van der Waals surface area contributed by atoms with Gasteiger partial charge in [0.2, 0.25) is 0 Å². The molecule has 0 bridgehead atoms. The molecule has 4 fully saturated rings. The average Bonchev–Trinajstić information content (AvgIpc) is 2.93. The van der Waals surface area contributed by atoms with Crippen molar-refractivity contribution in [3.8, 4) is 0 Å². The lowest BCUT2D eigenvalue weighted by atomic mass is 9.44. The van der Waals surface area contributed by atoms with Crippen molar-refractivity contribution in [3.63, 3.8) is 0 Å². The zero-order valence-electron chi connectivity index (χ0n) is 16.8. The maximum atomic E-state index is 13.3. The quantitative estimate of drug-likeness (QED) is 0.743. The largest absolute Gasteiger partial charge is 0.393 e. The molecule has 25 heavy (non-hydrogen) atoms. The van der Waals surface area contributed by atoms with E-state index in [1.54, 1.807) is 0 Å². The van der Waals surface area contributed by atoms with Gasteiger partial charge in [0.25, 0.3) is 0 Å². The van der Waals surface area contributed by atoms with Crippen molar-refractivity contribution < 1.29 is 9.90 Å². The Morgan fingerprint density at radius 3 is 2.48 bits per heavy atom. The number of aliphatic hydroxyl groups is 1. The normalized spacial score (nSPS) is 53.7. The molecule has 142 valence electrons. The van der Waals surface area contributed by atoms with Crippen molar-refractivity contribution in [1.29, 1.82) is 0 Å². The molecule has 9 atom stereocenters. The number of fused-ring (bicyclic) bond motifs is 5. The van der Waals surface area contributed by atoms with Gasteiger partial charge in [-0.25, -0.2) is 0 Å². The summed E-state index contributed by atoms with van der Waals surface area (Å²) in [5, 5.41) is 10.1. The molecular formula is C23H38O2. The lowest BCUT2D eigenvalue weighted by molar-refractivity contribution is -0.160. The predicted octanol–water partition coefficient (Wildman–Crippen LogP) is 5.23. The first kappa shape index (κ1) is 18.0. The van der Waals surface area contributed by atoms with Crippen LogP contribution in [0.5, 0.6) is 0 Å². The summed E-state index contributed by atoms with van der Waals surface area (Å²) in [6, 6.07) is 0. The zero-order valence-corrected chi connectivity index (χ0v) is 16.8. The van der Waals surface area contributed by atoms with Gasteiger partial charge in [0, 0.05) is 12.3 Å². The Morgan fingerprint density at radius 2 is 1.76 bits per heavy atom. The van der Waals surface area contributed by atoms with Crippen molar-refractivity contribution in [2.24, 2.45) is 46.3 Å². The lowest BCUT2D eigenvalue weighted by Gasteiger charge is -2.60. The van der Waals surface area contributed by atoms with Gasteiger partial charge in [-0.2, -0.15) is 0 Å². The van der Waals surface area contributed by atoms with E-state index in [0.29, 0.717) is 40.3 Å². The molecule has 2 nitrogen and oxygen atoms in total. The van der Waals surface area contributed by atoms with Crippen molar-refractivity contribution in [2.75, 3.05) is 0 Å². The lowest BCUT2D eigenvalue weighted by Crippen LogP contribution is -2.57. The molecule has 0 amide bonds. The Bertz CT molecular complexity index is 542. The molecule has 0 aromatic rings. The molecule has 0 radical (unpaired) electrons. The molecule has 4 aliphatic carbocycles. The summed E-state index contributed by atoms with van der Waals surface area (Å²) in [6.45, 7) is 9.77. The summed E-state index contributed by atoms with van der Waals surface area (Å²) in [6.07, 6.45) is 9.98. The van der Waals surface area contributed by atoms with Gasteiger partial charge < -0.3 is 5.11 Å². The molecule has 4 saturated carbocycles. The number of rotatable bonds is 2. The molecule has 0 aliphatic heterocycles. The third kappa shape index (κ3) is 2.49. The van der Waals surface area contributed by atoms with Gasteiger partial charge in [0.15, 0.2) is 0 Å². The highest BCUT2D eigenvalue weighted by Crippen LogP contribution is 2.67. The van der Waals surface area contributed by atoms with E-state index in [-0.39, 0.29) is 6.10 Å². The van der Waals surface area contributed by atoms with E-state index in [2.05, 4.69) is 27.7 Å². The molecule has 1 N–H and O–H groups in total. The van der Waals surface area contributed by atoms with Crippen LogP contribution in [-0.2, 0) is 4.79 Å². The Kier molecular flexibility index (Phi) is 4.38. The number of aliphatic hydroxyl groups excluding tert-OH is 1. The highest BCUT2D eigenvalue weighted by molar-refractivity contribution is 5.83. The SMILES string of the molecule is CC[C@@H](C)[C@H]1CCC2C3C(=O)C[C@@H]4CC(O)CC[C@]4(C)C3CC[C@@]21C. The van der Waals surface area contributed by atoms with Crippen LogP contribution in [0.1, 0.15) is 85.5 Å². The molecule has 0 aromatic heterocycles. The minimum absolute atomic E-state index is 0.169. The maximum Gasteiger partial charge on any atom is 0.136 e. The average molecular weight is 347 g/mol. The first-order valence-corrected chi connectivity index (χ1v) is 11.0. The fourth-order valence-electron chi connectivity index (χ4n) is 8.17. The van der Waals surface area contributed by atoms with Gasteiger partial charge in [-0.05, 0) is 85.4 Å². The van der Waals surface area contributed by atoms with E-state index in [0.717, 1.165) is 37.5 Å². The minimum Gasteiger partial charge on any atom is -0.393 e. The topological polar surface area (TPSA) is 37.3 Å². The second kappa shape index (κ2) is 6.08. The van der Waals surface area contributed by atoms with E-state index < -0.39 is 0 Å². The maximum absolute atomic E-state index is 13.3. The third-order valence-corrected chi connectivity index (χ3v) is 9.85. The minimum atomic E-state index is -0.169. The van der Waals surface area contributed by atoms with Gasteiger partial charge in [0.05, 0.1) is 6.10 Å². The molecule has 0 aromatic carbocycles. The summed E-state index contributed by atoms with van der Waals surface area (Å²) in [5.74, 6) is 4.13. The molecular weight excluding hydrogens is 308 g/mol. The number of hydrogen-bond donors (Lipinski definition) is 1. The van der Waals surface area contributed by atoms with Crippen LogP contribution < -0.4 is 0 Å². The van der Waals surface area contributed by atoms with Crippen molar-refractivity contribution >= 4 is 5.78 Å². The Labute approximate surface area is 154 Å². The van der Waals surface area contributed by atoms with E-state index in [1.165, 1.54) is 32.1 Å². The highest BCUT2D eigenvalue weighted by atomic mass is 16.3. The number of carbonyl (C=O) groups is 1. The summed E-state index contributed by atoms with van der Waals surface area (Å²) < 4.78 is 0. The number of hydrogen-bond acceptors (Lipinski definition) is 2. The Hall–Kier alpha value is -0.370. The summed E-state index contributed by atoms with van der Waals surface area (Å²) in [5.41, 5.74) is 0.692. The zero-order chi connectivity index (χ0) is 18.0. The number of ketones is 1. The molecule has 0 saturated heterocycles. The van der Waals surface area contributed by atoms with Crippen LogP contribution in [0.2, 0.25) is 0 Å². The monoisotopic (exact) mass is 346 g/mol. The van der Waals surface area contributed by atoms with Crippen molar-refractivity contribution in [3.05, 3.63) is 0 Å². The molecule has 4 rings (SSSR count). The Balaban J connectivity index is 1.65. The highest BCUT2D eigenvalue weighted by Gasteiger charge is 2.62. The van der Waals surface area contributed by atoms with E-state index >= 15 is 0 Å². The molecule has 4 aliphatic rings. The van der Waals surface area contributed by atoms with E-state index in [9.17, 15) is 9.90 Å². The molecule has 4 unspecified atom stereocenters. The van der Waals surface area contributed by atoms with Crippen molar-refractivity contribution in [1.82, 2.24) is 0 Å². The first-order chi connectivity index (χ1) is 11.8. The Morgan fingerprint density at radius 1 is 1.08 bits per heavy atom. The van der Waals surface area contributed by atoms with Crippen LogP contribution in [0, 0.1) is 46.3 Å². The van der Waals surface area contributed by atoms with Crippen LogP contribution >= 0.6 is 0 Å². The molecule has 0 spiro atoms. The van der Waals surface area contributed by atoms with Crippen LogP contribution in [-0.4, -0.2) is 17.0 Å². The standard InChI is InChI=1S/C23H38O2/c1-5-14(2)17-6-7-18-21-19(9-11-23(17,18)4)22(3)10-8-16(24)12-15(22)13-20(21)25/h14-19,21,24H,5-13H2,1-4H3/t14-,15+,16?,17-,18?,19?,21?,22+,23-/m1/s1. The van der Waals surface area contributed by atoms with Crippen LogP contribution in [0.4, 0.5) is 0 Å². The van der Waals surface area contributed by atoms with Gasteiger partial charge in [0.1, 0.15) is 5.78 Å². The second-order valence-corrected chi connectivity index (χ2v) is 10.7. The van der Waals surface area contributed by atoms with E-state index in [1.807, 2.05) is 0 Å². The number of carbonyl (C=O) groups excluding carboxylic acids is 1. The van der Waals surface area contributed by atoms with Crippen LogP contribution in [0.25, 0.3) is 0 Å². The summed E-state index contributed by atoms with van der Waals surface area (Å²) in [4.78, 5) is 13.3. The fraction of sp³-hybridized carbons (Fsp3) is 0.957. The van der Waals surface area contributed by atoms with Crippen LogP contribution in [0.3, 0.4) is 0 Å². The number of Topliss-reactive ketones (excluding diaryl/α,β-unsaturated/α-hetero) is 1. The molecule has 0 heterocycles. The summed E-state index contributed by atoms with van der Waals surface area (Å²) >= 11 is 0. The third-order valence-electron chi connectivity index (χ3n) is 9.85. The van der Waals surface area contributed by atoms with Crippen molar-refractivity contribution in [2.45, 2.75) is 91.6 Å².